The van der Waals surface area contributed by atoms with Crippen LogP contribution in [0.1, 0.15) is 43.5 Å². The Morgan fingerprint density at radius 1 is 1.17 bits per heavy atom. The van der Waals surface area contributed by atoms with Crippen molar-refractivity contribution in [2.45, 2.75) is 56.8 Å². The highest BCUT2D eigenvalue weighted by molar-refractivity contribution is 7.90. The lowest BCUT2D eigenvalue weighted by Crippen LogP contribution is -2.39. The molecule has 3 aromatic rings. The van der Waals surface area contributed by atoms with Crippen molar-refractivity contribution in [2.24, 2.45) is 5.92 Å². The van der Waals surface area contributed by atoms with Crippen LogP contribution in [0.25, 0.3) is 0 Å². The van der Waals surface area contributed by atoms with Gasteiger partial charge in [0.15, 0.2) is 0 Å². The molecule has 0 aliphatic carbocycles. The molecular formula is C27H32FN3O4S. The number of carbonyl (C=O) groups excluding carboxylic acids is 1. The average Bonchev–Trinajstić information content (AvgIpc) is 3.51. The molecule has 7 nitrogen and oxygen atoms in total. The number of carbonyl (C=O) groups is 1. The van der Waals surface area contributed by atoms with Crippen LogP contribution in [0, 0.1) is 11.7 Å². The van der Waals surface area contributed by atoms with E-state index in [1.165, 1.54) is 24.4 Å². The molecule has 1 aromatic heterocycles. The predicted octanol–water partition coefficient (Wildman–Crippen LogP) is 4.21. The number of amides is 1. The van der Waals surface area contributed by atoms with Crippen molar-refractivity contribution in [1.29, 1.82) is 0 Å². The Kier molecular flexibility index (Phi) is 8.21. The maximum absolute atomic E-state index is 14.3. The molecule has 1 amide bonds. The second-order valence-electron chi connectivity index (χ2n) is 9.46. The molecule has 192 valence electrons. The standard InChI is InChI=1S/C27H32FN3O4S/c1-20(2)26(32)30(18-24-12-8-14-35-24)17-23-15-29-27(31(23)16-21-9-4-3-5-10-21)36(33,34)19-22-11-6-7-13-25(22)28/h3-7,9-11,13,15,20,24H,8,12,14,16-19H2,1-2H3. The zero-order valence-corrected chi connectivity index (χ0v) is 21.5. The Hall–Kier alpha value is -3.04. The summed E-state index contributed by atoms with van der Waals surface area (Å²) in [7, 11) is -3.98. The Balaban J connectivity index is 1.70. The molecule has 2 heterocycles. The van der Waals surface area contributed by atoms with Crippen LogP contribution in [-0.4, -0.2) is 48.0 Å². The summed E-state index contributed by atoms with van der Waals surface area (Å²) in [6.45, 7) is 5.26. The topological polar surface area (TPSA) is 81.5 Å². The summed E-state index contributed by atoms with van der Waals surface area (Å²) in [4.78, 5) is 19.1. The lowest BCUT2D eigenvalue weighted by Gasteiger charge is -2.27. The smallest absolute Gasteiger partial charge is 0.228 e. The van der Waals surface area contributed by atoms with Gasteiger partial charge in [-0.1, -0.05) is 62.4 Å². The van der Waals surface area contributed by atoms with Gasteiger partial charge in [-0.3, -0.25) is 4.79 Å². The summed E-state index contributed by atoms with van der Waals surface area (Å²) in [6, 6.07) is 15.3. The maximum Gasteiger partial charge on any atom is 0.228 e. The van der Waals surface area contributed by atoms with Gasteiger partial charge in [-0.15, -0.1) is 0 Å². The summed E-state index contributed by atoms with van der Waals surface area (Å²) in [5.74, 6) is -1.34. The first-order valence-corrected chi connectivity index (χ1v) is 13.8. The van der Waals surface area contributed by atoms with Crippen molar-refractivity contribution in [1.82, 2.24) is 14.5 Å². The van der Waals surface area contributed by atoms with E-state index in [0.29, 0.717) is 18.8 Å². The van der Waals surface area contributed by atoms with Crippen molar-refractivity contribution >= 4 is 15.7 Å². The fourth-order valence-corrected chi connectivity index (χ4v) is 5.92. The third kappa shape index (κ3) is 6.20. The fourth-order valence-electron chi connectivity index (χ4n) is 4.41. The van der Waals surface area contributed by atoms with Crippen molar-refractivity contribution < 1.29 is 22.3 Å². The third-order valence-corrected chi connectivity index (χ3v) is 7.85. The summed E-state index contributed by atoms with van der Waals surface area (Å²) >= 11 is 0. The van der Waals surface area contributed by atoms with Crippen molar-refractivity contribution in [2.75, 3.05) is 13.2 Å². The first kappa shape index (κ1) is 26.0. The third-order valence-electron chi connectivity index (χ3n) is 6.27. The summed E-state index contributed by atoms with van der Waals surface area (Å²) in [6.07, 6.45) is 3.31. The van der Waals surface area contributed by atoms with Crippen LogP contribution in [0.15, 0.2) is 66.0 Å². The van der Waals surface area contributed by atoms with E-state index in [0.717, 1.165) is 18.4 Å². The number of hydrogen-bond acceptors (Lipinski definition) is 5. The molecule has 0 spiro atoms. The minimum atomic E-state index is -3.98. The second kappa shape index (κ2) is 11.3. The Morgan fingerprint density at radius 3 is 2.56 bits per heavy atom. The molecule has 1 aliphatic rings. The molecule has 0 radical (unpaired) electrons. The van der Waals surface area contributed by atoms with Crippen LogP contribution in [0.3, 0.4) is 0 Å². The zero-order chi connectivity index (χ0) is 25.7. The zero-order valence-electron chi connectivity index (χ0n) is 20.6. The van der Waals surface area contributed by atoms with E-state index in [9.17, 15) is 17.6 Å². The van der Waals surface area contributed by atoms with Crippen LogP contribution < -0.4 is 0 Å². The van der Waals surface area contributed by atoms with Gasteiger partial charge in [-0.05, 0) is 24.5 Å². The van der Waals surface area contributed by atoms with Gasteiger partial charge < -0.3 is 14.2 Å². The molecule has 0 saturated carbocycles. The van der Waals surface area contributed by atoms with Gasteiger partial charge in [0, 0.05) is 24.6 Å². The van der Waals surface area contributed by atoms with Gasteiger partial charge in [-0.2, -0.15) is 0 Å². The fraction of sp³-hybridized carbons (Fsp3) is 0.407. The Morgan fingerprint density at radius 2 is 1.89 bits per heavy atom. The number of rotatable bonds is 10. The summed E-state index contributed by atoms with van der Waals surface area (Å²) in [5, 5.41) is -0.140. The van der Waals surface area contributed by atoms with Gasteiger partial charge >= 0.3 is 0 Å². The van der Waals surface area contributed by atoms with Crippen molar-refractivity contribution in [3.8, 4) is 0 Å². The number of benzene rings is 2. The highest BCUT2D eigenvalue weighted by atomic mass is 32.2. The van der Waals surface area contributed by atoms with Gasteiger partial charge in [-0.25, -0.2) is 17.8 Å². The van der Waals surface area contributed by atoms with E-state index in [4.69, 9.17) is 4.74 Å². The van der Waals surface area contributed by atoms with E-state index < -0.39 is 21.4 Å². The number of sulfone groups is 1. The van der Waals surface area contributed by atoms with Gasteiger partial charge in [0.2, 0.25) is 20.9 Å². The molecule has 1 fully saturated rings. The molecular weight excluding hydrogens is 481 g/mol. The summed E-state index contributed by atoms with van der Waals surface area (Å²) < 4.78 is 48.5. The average molecular weight is 514 g/mol. The van der Waals surface area contributed by atoms with Gasteiger partial charge in [0.1, 0.15) is 5.82 Å². The van der Waals surface area contributed by atoms with E-state index in [1.54, 1.807) is 15.5 Å². The van der Waals surface area contributed by atoms with Crippen LogP contribution in [0.5, 0.6) is 0 Å². The lowest BCUT2D eigenvalue weighted by molar-refractivity contribution is -0.136. The summed E-state index contributed by atoms with van der Waals surface area (Å²) in [5.41, 5.74) is 1.57. The minimum absolute atomic E-state index is 0.0336. The molecule has 0 N–H and O–H groups in total. The first-order chi connectivity index (χ1) is 17.2. The van der Waals surface area contributed by atoms with E-state index >= 15 is 0 Å². The molecule has 1 saturated heterocycles. The maximum atomic E-state index is 14.3. The molecule has 1 atom stereocenters. The predicted molar refractivity (Wildman–Crippen MR) is 134 cm³/mol. The van der Waals surface area contributed by atoms with Crippen molar-refractivity contribution in [3.05, 3.63) is 83.4 Å². The number of ether oxygens (including phenoxy) is 1. The van der Waals surface area contributed by atoms with Crippen LogP contribution in [0.2, 0.25) is 0 Å². The van der Waals surface area contributed by atoms with Crippen molar-refractivity contribution in [3.63, 3.8) is 0 Å². The normalized spacial score (nSPS) is 15.9. The van der Waals surface area contributed by atoms with E-state index in [-0.39, 0.29) is 41.7 Å². The first-order valence-electron chi connectivity index (χ1n) is 12.2. The van der Waals surface area contributed by atoms with Crippen LogP contribution >= 0.6 is 0 Å². The van der Waals surface area contributed by atoms with E-state index in [1.807, 2.05) is 44.2 Å². The number of aromatic nitrogens is 2. The molecule has 0 bridgehead atoms. The van der Waals surface area contributed by atoms with Gasteiger partial charge in [0.25, 0.3) is 0 Å². The lowest BCUT2D eigenvalue weighted by atomic mass is 10.1. The number of imidazole rings is 1. The highest BCUT2D eigenvalue weighted by Crippen LogP contribution is 2.23. The quantitative estimate of drug-likeness (QED) is 0.406. The molecule has 4 rings (SSSR count). The number of hydrogen-bond donors (Lipinski definition) is 0. The van der Waals surface area contributed by atoms with Gasteiger partial charge in [0.05, 0.1) is 36.8 Å². The largest absolute Gasteiger partial charge is 0.376 e. The highest BCUT2D eigenvalue weighted by Gasteiger charge is 2.29. The minimum Gasteiger partial charge on any atom is -0.376 e. The number of nitrogens with zero attached hydrogens (tertiary/aromatic N) is 3. The SMILES string of the molecule is CC(C)C(=O)N(Cc1cnc(S(=O)(=O)Cc2ccccc2F)n1Cc1ccccc1)CC1CCCO1. The van der Waals surface area contributed by atoms with Crippen LogP contribution in [-0.2, 0) is 38.2 Å². The Bertz CT molecular complexity index is 1290. The molecule has 1 aliphatic heterocycles. The molecule has 2 aromatic carbocycles. The van der Waals surface area contributed by atoms with Crippen LogP contribution in [0.4, 0.5) is 4.39 Å². The second-order valence-corrected chi connectivity index (χ2v) is 11.3. The molecule has 1 unspecified atom stereocenters. The number of halogens is 1. The molecule has 9 heteroatoms. The molecule has 36 heavy (non-hydrogen) atoms. The monoisotopic (exact) mass is 513 g/mol. The Labute approximate surface area is 211 Å². The van der Waals surface area contributed by atoms with E-state index in [2.05, 4.69) is 4.98 Å².